The van der Waals surface area contributed by atoms with Gasteiger partial charge in [-0.05, 0) is 12.5 Å². The van der Waals surface area contributed by atoms with E-state index in [1.54, 1.807) is 25.1 Å². The number of hydrogen-bond acceptors (Lipinski definition) is 7. The summed E-state index contributed by atoms with van der Waals surface area (Å²) in [5.41, 5.74) is -0.778. The smallest absolute Gasteiger partial charge is 0.406 e. The van der Waals surface area contributed by atoms with Gasteiger partial charge in [-0.25, -0.2) is 4.79 Å². The maximum atomic E-state index is 13.0. The third-order valence-corrected chi connectivity index (χ3v) is 4.26. The molecule has 0 saturated heterocycles. The number of nitro benzene ring substituents is 1. The largest absolute Gasteiger partial charge is 0.493 e. The van der Waals surface area contributed by atoms with Gasteiger partial charge in [0.25, 0.3) is 11.6 Å². The van der Waals surface area contributed by atoms with Crippen LogP contribution in [0.5, 0.6) is 11.5 Å². The average Bonchev–Trinajstić information content (AvgIpc) is 2.76. The molecule has 33 heavy (non-hydrogen) atoms. The summed E-state index contributed by atoms with van der Waals surface area (Å²) in [5, 5.41) is 11.4. The molecule has 1 amide bonds. The minimum absolute atomic E-state index is 0.00324. The van der Waals surface area contributed by atoms with Crippen LogP contribution in [0.1, 0.15) is 22.8 Å². The monoisotopic (exact) mass is 470 g/mol. The summed E-state index contributed by atoms with van der Waals surface area (Å²) in [6, 6.07) is 9.92. The molecule has 0 aliphatic heterocycles. The van der Waals surface area contributed by atoms with E-state index < -0.39 is 47.4 Å². The van der Waals surface area contributed by atoms with E-state index >= 15 is 0 Å². The Bertz CT molecular complexity index is 997. The highest BCUT2D eigenvalue weighted by molar-refractivity contribution is 5.96. The topological polar surface area (TPSA) is 108 Å². The quantitative estimate of drug-likeness (QED) is 0.296. The van der Waals surface area contributed by atoms with Crippen molar-refractivity contribution in [1.82, 2.24) is 4.90 Å². The lowest BCUT2D eigenvalue weighted by atomic mass is 10.1. The maximum absolute atomic E-state index is 13.0. The molecule has 0 spiro atoms. The number of ether oxygens (including phenoxy) is 3. The molecule has 0 aromatic heterocycles. The molecule has 0 bridgehead atoms. The number of alkyl halides is 3. The van der Waals surface area contributed by atoms with E-state index in [0.29, 0.717) is 10.5 Å². The molecule has 0 unspecified atom stereocenters. The summed E-state index contributed by atoms with van der Waals surface area (Å²) in [7, 11) is 1.25. The summed E-state index contributed by atoms with van der Waals surface area (Å²) in [5.74, 6) is -2.38. The van der Waals surface area contributed by atoms with Crippen molar-refractivity contribution in [2.75, 3.05) is 26.9 Å². The molecule has 0 heterocycles. The van der Waals surface area contributed by atoms with E-state index in [1.807, 2.05) is 0 Å². The van der Waals surface area contributed by atoms with E-state index in [0.717, 1.165) is 12.1 Å². The Balaban J connectivity index is 2.21. The van der Waals surface area contributed by atoms with Crippen molar-refractivity contribution in [3.05, 3.63) is 63.7 Å². The molecule has 12 heteroatoms. The van der Waals surface area contributed by atoms with Gasteiger partial charge in [0.2, 0.25) is 0 Å². The molecule has 0 radical (unpaired) electrons. The normalized spacial score (nSPS) is 10.9. The molecule has 0 aliphatic carbocycles. The molecule has 0 saturated carbocycles. The van der Waals surface area contributed by atoms with Crippen LogP contribution in [-0.2, 0) is 16.1 Å². The van der Waals surface area contributed by atoms with Gasteiger partial charge in [0.1, 0.15) is 12.1 Å². The van der Waals surface area contributed by atoms with E-state index in [9.17, 15) is 32.9 Å². The van der Waals surface area contributed by atoms with Gasteiger partial charge in [0, 0.05) is 12.6 Å². The molecule has 9 nitrogen and oxygen atoms in total. The van der Waals surface area contributed by atoms with E-state index in [-0.39, 0.29) is 24.7 Å². The Morgan fingerprint density at radius 1 is 1.12 bits per heavy atom. The summed E-state index contributed by atoms with van der Waals surface area (Å²) in [6.07, 6.45) is -4.68. The van der Waals surface area contributed by atoms with Crippen LogP contribution in [0.3, 0.4) is 0 Å². The van der Waals surface area contributed by atoms with Crippen LogP contribution in [0.15, 0.2) is 42.5 Å². The summed E-state index contributed by atoms with van der Waals surface area (Å²) in [6.45, 7) is -1.17. The number of halogens is 3. The van der Waals surface area contributed by atoms with E-state index in [4.69, 9.17) is 14.2 Å². The second-order valence-electron chi connectivity index (χ2n) is 6.64. The van der Waals surface area contributed by atoms with Crippen LogP contribution in [0, 0.1) is 10.1 Å². The average molecular weight is 470 g/mol. The molecule has 2 rings (SSSR count). The van der Waals surface area contributed by atoms with Crippen molar-refractivity contribution < 1.29 is 41.9 Å². The standard InChI is InChI=1S/C21H21F3N2O7/c1-3-32-18-10-16(26(29)30)15(9-17(18)31-2)20(28)33-12-19(27)25(13-21(22,23)24)11-14-7-5-4-6-8-14/h4-10H,3,11-13H2,1-2H3. The van der Waals surface area contributed by atoms with E-state index in [1.165, 1.54) is 19.2 Å². The SMILES string of the molecule is CCOc1cc([N+](=O)[O-])c(C(=O)OCC(=O)N(Cc2ccccc2)CC(F)(F)F)cc1OC. The Kier molecular flexibility index (Phi) is 8.60. The first kappa shape index (κ1) is 25.4. The number of hydrogen-bond donors (Lipinski definition) is 0. The van der Waals surface area contributed by atoms with Crippen molar-refractivity contribution in [2.24, 2.45) is 0 Å². The van der Waals surface area contributed by atoms with Gasteiger partial charge in [-0.1, -0.05) is 30.3 Å². The van der Waals surface area contributed by atoms with Crippen LogP contribution < -0.4 is 9.47 Å². The third-order valence-electron chi connectivity index (χ3n) is 4.26. The Morgan fingerprint density at radius 2 is 1.79 bits per heavy atom. The number of methoxy groups -OCH3 is 1. The summed E-state index contributed by atoms with van der Waals surface area (Å²) < 4.78 is 54.0. The van der Waals surface area contributed by atoms with Crippen molar-refractivity contribution in [1.29, 1.82) is 0 Å². The second kappa shape index (κ2) is 11.2. The fourth-order valence-electron chi connectivity index (χ4n) is 2.84. The molecule has 178 valence electrons. The molecular formula is C21H21F3N2O7. The van der Waals surface area contributed by atoms with Crippen LogP contribution in [0.25, 0.3) is 0 Å². The molecular weight excluding hydrogens is 449 g/mol. The minimum atomic E-state index is -4.68. The van der Waals surface area contributed by atoms with Crippen molar-refractivity contribution in [3.63, 3.8) is 0 Å². The molecule has 0 N–H and O–H groups in total. The van der Waals surface area contributed by atoms with Crippen LogP contribution >= 0.6 is 0 Å². The van der Waals surface area contributed by atoms with Gasteiger partial charge in [-0.3, -0.25) is 14.9 Å². The fourth-order valence-corrected chi connectivity index (χ4v) is 2.84. The maximum Gasteiger partial charge on any atom is 0.406 e. The van der Waals surface area contributed by atoms with Crippen LogP contribution in [-0.4, -0.2) is 54.7 Å². The number of nitrogens with zero attached hydrogens (tertiary/aromatic N) is 2. The van der Waals surface area contributed by atoms with Crippen molar-refractivity contribution >= 4 is 17.6 Å². The third kappa shape index (κ3) is 7.37. The van der Waals surface area contributed by atoms with Crippen molar-refractivity contribution in [2.45, 2.75) is 19.6 Å². The Labute approximate surface area is 186 Å². The van der Waals surface area contributed by atoms with Crippen LogP contribution in [0.2, 0.25) is 0 Å². The van der Waals surface area contributed by atoms with Gasteiger partial charge in [-0.2, -0.15) is 13.2 Å². The van der Waals surface area contributed by atoms with Gasteiger partial charge in [0.05, 0.1) is 24.7 Å². The number of benzene rings is 2. The number of amides is 1. The molecule has 2 aromatic rings. The molecule has 0 aliphatic rings. The molecule has 0 atom stereocenters. The zero-order valence-electron chi connectivity index (χ0n) is 17.8. The van der Waals surface area contributed by atoms with E-state index in [2.05, 4.69) is 0 Å². The summed E-state index contributed by atoms with van der Waals surface area (Å²) >= 11 is 0. The predicted octanol–water partition coefficient (Wildman–Crippen LogP) is 3.75. The lowest BCUT2D eigenvalue weighted by molar-refractivity contribution is -0.385. The second-order valence-corrected chi connectivity index (χ2v) is 6.64. The van der Waals surface area contributed by atoms with Crippen molar-refractivity contribution in [3.8, 4) is 11.5 Å². The van der Waals surface area contributed by atoms with Crippen LogP contribution in [0.4, 0.5) is 18.9 Å². The summed E-state index contributed by atoms with van der Waals surface area (Å²) in [4.78, 5) is 35.9. The highest BCUT2D eigenvalue weighted by Crippen LogP contribution is 2.35. The highest BCUT2D eigenvalue weighted by atomic mass is 19.4. The van der Waals surface area contributed by atoms with Gasteiger partial charge < -0.3 is 19.1 Å². The lowest BCUT2D eigenvalue weighted by Crippen LogP contribution is -2.40. The molecule has 2 aromatic carbocycles. The molecule has 0 fully saturated rings. The highest BCUT2D eigenvalue weighted by Gasteiger charge is 2.34. The first-order chi connectivity index (χ1) is 15.6. The number of esters is 1. The number of rotatable bonds is 10. The Morgan fingerprint density at radius 3 is 2.33 bits per heavy atom. The zero-order valence-corrected chi connectivity index (χ0v) is 17.8. The number of carbonyl (C=O) groups is 2. The Hall–Kier alpha value is -3.83. The minimum Gasteiger partial charge on any atom is -0.493 e. The van der Waals surface area contributed by atoms with Gasteiger partial charge in [-0.15, -0.1) is 0 Å². The fraction of sp³-hybridized carbons (Fsp3) is 0.333. The van der Waals surface area contributed by atoms with Gasteiger partial charge in [0.15, 0.2) is 18.1 Å². The first-order valence-electron chi connectivity index (χ1n) is 9.60. The lowest BCUT2D eigenvalue weighted by Gasteiger charge is -2.24. The zero-order chi connectivity index (χ0) is 24.6. The number of nitro groups is 1. The number of carbonyl (C=O) groups excluding carboxylic acids is 2. The first-order valence-corrected chi connectivity index (χ1v) is 9.60. The van der Waals surface area contributed by atoms with Gasteiger partial charge >= 0.3 is 12.1 Å². The predicted molar refractivity (Wildman–Crippen MR) is 109 cm³/mol.